The summed E-state index contributed by atoms with van der Waals surface area (Å²) in [4.78, 5) is 34.8. The molecule has 1 fully saturated rings. The Morgan fingerprint density at radius 3 is 2.72 bits per heavy atom. The number of esters is 1. The topological polar surface area (TPSA) is 193 Å². The van der Waals surface area contributed by atoms with Crippen molar-refractivity contribution in [3.8, 4) is 5.75 Å². The van der Waals surface area contributed by atoms with Crippen LogP contribution < -0.4 is 20.9 Å². The summed E-state index contributed by atoms with van der Waals surface area (Å²) >= 11 is 0. The number of H-pyrrole nitrogens is 1. The van der Waals surface area contributed by atoms with Gasteiger partial charge in [0.2, 0.25) is 5.95 Å². The molecule has 0 saturated carbocycles. The smallest absolute Gasteiger partial charge is 0.459 e. The van der Waals surface area contributed by atoms with E-state index in [2.05, 4.69) is 20.0 Å². The number of benzene rings is 1. The number of anilines is 1. The van der Waals surface area contributed by atoms with Crippen LogP contribution in [-0.2, 0) is 23.4 Å². The SMILES string of the molecule is CC(C)OC(=O)[C@H](C)NP(=O)(OC[C@H]1O[C@@H](n2cnc3c(=O)[nH]c(N)nc32)[C@H](O)[C@@H]1CF)Oc1ccccc1. The zero-order valence-corrected chi connectivity index (χ0v) is 22.3. The van der Waals surface area contributed by atoms with Gasteiger partial charge in [-0.3, -0.25) is 28.1 Å². The number of aliphatic hydroxyl groups is 1. The molecule has 1 saturated heterocycles. The van der Waals surface area contributed by atoms with Crippen LogP contribution in [0.3, 0.4) is 0 Å². The number of alkyl halides is 1. The Labute approximate surface area is 222 Å². The average molecular weight is 568 g/mol. The highest BCUT2D eigenvalue weighted by atomic mass is 31.2. The Bertz CT molecular complexity index is 1400. The van der Waals surface area contributed by atoms with Crippen molar-refractivity contribution in [3.63, 3.8) is 0 Å². The number of para-hydroxylation sites is 1. The molecule has 39 heavy (non-hydrogen) atoms. The van der Waals surface area contributed by atoms with E-state index in [9.17, 15) is 23.7 Å². The van der Waals surface area contributed by atoms with E-state index in [0.717, 1.165) is 0 Å². The van der Waals surface area contributed by atoms with Gasteiger partial charge >= 0.3 is 13.7 Å². The third-order valence-corrected chi connectivity index (χ3v) is 7.50. The van der Waals surface area contributed by atoms with E-state index < -0.39 is 69.1 Å². The average Bonchev–Trinajstić information content (AvgIpc) is 3.43. The number of nitrogens with one attached hydrogen (secondary N) is 2. The number of nitrogens with two attached hydrogens (primary N) is 1. The number of aromatic nitrogens is 4. The van der Waals surface area contributed by atoms with Crippen molar-refractivity contribution in [3.05, 3.63) is 47.0 Å². The van der Waals surface area contributed by atoms with Crippen molar-refractivity contribution in [1.29, 1.82) is 0 Å². The van der Waals surface area contributed by atoms with Crippen LogP contribution in [0.15, 0.2) is 41.5 Å². The first kappa shape index (κ1) is 28.6. The fourth-order valence-electron chi connectivity index (χ4n) is 4.01. The highest BCUT2D eigenvalue weighted by Gasteiger charge is 2.47. The molecular formula is C23H30FN6O8P. The van der Waals surface area contributed by atoms with Crippen LogP contribution in [0, 0.1) is 5.92 Å². The number of fused-ring (bicyclic) bond motifs is 1. The maximum atomic E-state index is 14.1. The van der Waals surface area contributed by atoms with E-state index in [1.807, 2.05) is 0 Å². The van der Waals surface area contributed by atoms with Gasteiger partial charge in [0.1, 0.15) is 17.9 Å². The van der Waals surface area contributed by atoms with Crippen LogP contribution >= 0.6 is 7.75 Å². The van der Waals surface area contributed by atoms with Crippen molar-refractivity contribution < 1.29 is 37.4 Å². The molecule has 2 aromatic heterocycles. The Kier molecular flexibility index (Phi) is 8.67. The Balaban J connectivity index is 1.55. The van der Waals surface area contributed by atoms with Crippen LogP contribution in [-0.4, -0.2) is 68.2 Å². The van der Waals surface area contributed by atoms with Crippen LogP contribution in [0.1, 0.15) is 27.0 Å². The maximum Gasteiger partial charge on any atom is 0.459 e. The number of ether oxygens (including phenoxy) is 2. The first-order chi connectivity index (χ1) is 18.5. The molecule has 14 nitrogen and oxygen atoms in total. The number of hydrogen-bond donors (Lipinski definition) is 4. The lowest BCUT2D eigenvalue weighted by Gasteiger charge is -2.25. The highest BCUT2D eigenvalue weighted by molar-refractivity contribution is 7.52. The normalized spacial score (nSPS) is 23.5. The molecule has 6 atom stereocenters. The van der Waals surface area contributed by atoms with Crippen LogP contribution in [0.5, 0.6) is 5.75 Å². The highest BCUT2D eigenvalue weighted by Crippen LogP contribution is 2.46. The first-order valence-electron chi connectivity index (χ1n) is 12.1. The van der Waals surface area contributed by atoms with Crippen molar-refractivity contribution in [1.82, 2.24) is 24.6 Å². The Morgan fingerprint density at radius 1 is 1.33 bits per heavy atom. The number of nitrogen functional groups attached to an aromatic ring is 1. The standard InChI is InChI=1S/C23H30FN6O8P/c1-12(2)36-22(33)13(3)29-39(34,38-14-7-5-4-6-8-14)35-10-16-15(9-24)18(31)21(37-16)30-11-26-17-19(30)27-23(25)28-20(17)32/h4-8,11-13,15-16,18,21,31H,9-10H2,1-3H3,(H,29,34)(H3,25,27,28,32)/t13-,15+,16+,18+,21+,39?/m0/s1. The number of carbonyl (C=O) groups is 1. The first-order valence-corrected chi connectivity index (χ1v) is 13.6. The fourth-order valence-corrected chi connectivity index (χ4v) is 5.51. The monoisotopic (exact) mass is 568 g/mol. The van der Waals surface area contributed by atoms with Crippen molar-refractivity contribution in [2.24, 2.45) is 5.92 Å². The molecule has 0 aliphatic carbocycles. The van der Waals surface area contributed by atoms with E-state index in [1.165, 1.54) is 30.0 Å². The van der Waals surface area contributed by atoms with Crippen LogP contribution in [0.25, 0.3) is 11.2 Å². The van der Waals surface area contributed by atoms with Crippen LogP contribution in [0.4, 0.5) is 10.3 Å². The molecular weight excluding hydrogens is 538 g/mol. The maximum absolute atomic E-state index is 14.1. The van der Waals surface area contributed by atoms with Gasteiger partial charge in [-0.25, -0.2) is 9.55 Å². The summed E-state index contributed by atoms with van der Waals surface area (Å²) in [7, 11) is -4.26. The second-order valence-corrected chi connectivity index (χ2v) is 10.9. The van der Waals surface area contributed by atoms with E-state index >= 15 is 0 Å². The molecule has 1 unspecified atom stereocenters. The quantitative estimate of drug-likeness (QED) is 0.193. The van der Waals surface area contributed by atoms with E-state index in [1.54, 1.807) is 32.0 Å². The third-order valence-electron chi connectivity index (χ3n) is 5.86. The van der Waals surface area contributed by atoms with E-state index in [4.69, 9.17) is 24.3 Å². The summed E-state index contributed by atoms with van der Waals surface area (Å²) in [5.41, 5.74) is 5.01. The number of halogens is 1. The van der Waals surface area contributed by atoms with Gasteiger partial charge < -0.3 is 24.8 Å². The summed E-state index contributed by atoms with van der Waals surface area (Å²) in [6, 6.07) is 7.01. The molecule has 212 valence electrons. The molecule has 1 aliphatic rings. The lowest BCUT2D eigenvalue weighted by atomic mass is 10.0. The van der Waals surface area contributed by atoms with Crippen molar-refractivity contribution in [2.75, 3.05) is 19.0 Å². The predicted octanol–water partition coefficient (Wildman–Crippen LogP) is 1.68. The molecule has 0 radical (unpaired) electrons. The summed E-state index contributed by atoms with van der Waals surface area (Å²) in [5.74, 6) is -1.79. The second kappa shape index (κ2) is 11.8. The molecule has 16 heteroatoms. The molecule has 5 N–H and O–H groups in total. The van der Waals surface area contributed by atoms with E-state index in [0.29, 0.717) is 0 Å². The minimum Gasteiger partial charge on any atom is -0.462 e. The van der Waals surface area contributed by atoms with Gasteiger partial charge in [0, 0.05) is 5.92 Å². The number of imidazole rings is 1. The largest absolute Gasteiger partial charge is 0.462 e. The summed E-state index contributed by atoms with van der Waals surface area (Å²) in [6.07, 6.45) is -2.93. The van der Waals surface area contributed by atoms with Gasteiger partial charge in [0.15, 0.2) is 17.4 Å². The molecule has 1 aromatic carbocycles. The number of rotatable bonds is 11. The van der Waals surface area contributed by atoms with Gasteiger partial charge in [0.05, 0.1) is 31.8 Å². The number of aromatic amines is 1. The van der Waals surface area contributed by atoms with Gasteiger partial charge in [-0.1, -0.05) is 18.2 Å². The summed E-state index contributed by atoms with van der Waals surface area (Å²) in [5, 5.41) is 13.4. The lowest BCUT2D eigenvalue weighted by molar-refractivity contribution is -0.149. The molecule has 0 amide bonds. The number of carbonyl (C=O) groups excluding carboxylic acids is 1. The minimum atomic E-state index is -4.26. The minimum absolute atomic E-state index is 0.0247. The summed E-state index contributed by atoms with van der Waals surface area (Å²) < 4.78 is 51.3. The molecule has 3 aromatic rings. The molecule has 3 heterocycles. The predicted molar refractivity (Wildman–Crippen MR) is 136 cm³/mol. The van der Waals surface area contributed by atoms with Gasteiger partial charge in [-0.15, -0.1) is 0 Å². The van der Waals surface area contributed by atoms with Crippen molar-refractivity contribution >= 4 is 30.8 Å². The Hall–Kier alpha value is -3.36. The molecule has 4 rings (SSSR count). The number of aliphatic hydroxyl groups excluding tert-OH is 1. The molecule has 1 aliphatic heterocycles. The summed E-state index contributed by atoms with van der Waals surface area (Å²) in [6.45, 7) is 3.26. The molecule has 0 spiro atoms. The van der Waals surface area contributed by atoms with Crippen LogP contribution in [0.2, 0.25) is 0 Å². The number of hydrogen-bond acceptors (Lipinski definition) is 11. The zero-order valence-electron chi connectivity index (χ0n) is 21.4. The fraction of sp³-hybridized carbons (Fsp3) is 0.478. The second-order valence-electron chi connectivity index (χ2n) is 9.18. The molecule has 0 bridgehead atoms. The van der Waals surface area contributed by atoms with Gasteiger partial charge in [0.25, 0.3) is 5.56 Å². The number of nitrogens with zero attached hydrogens (tertiary/aromatic N) is 3. The van der Waals surface area contributed by atoms with Gasteiger partial charge in [-0.2, -0.15) is 10.1 Å². The van der Waals surface area contributed by atoms with Crippen molar-refractivity contribution in [2.45, 2.75) is 51.4 Å². The lowest BCUT2D eigenvalue weighted by Crippen LogP contribution is -2.37. The third kappa shape index (κ3) is 6.45. The Morgan fingerprint density at radius 2 is 2.05 bits per heavy atom. The van der Waals surface area contributed by atoms with Gasteiger partial charge in [-0.05, 0) is 32.9 Å². The van der Waals surface area contributed by atoms with E-state index in [-0.39, 0.29) is 22.9 Å². The zero-order chi connectivity index (χ0) is 28.3.